The first-order valence-electron chi connectivity index (χ1n) is 11.0. The van der Waals surface area contributed by atoms with Gasteiger partial charge >= 0.3 is 0 Å². The highest BCUT2D eigenvalue weighted by Crippen LogP contribution is 2.38. The molecule has 0 radical (unpaired) electrons. The minimum Gasteiger partial charge on any atom is -0.381 e. The van der Waals surface area contributed by atoms with E-state index in [4.69, 9.17) is 25.8 Å². The van der Waals surface area contributed by atoms with Gasteiger partial charge in [-0.1, -0.05) is 41.0 Å². The zero-order chi connectivity index (χ0) is 23.5. The van der Waals surface area contributed by atoms with E-state index in [-0.39, 0.29) is 11.3 Å². The predicted molar refractivity (Wildman–Crippen MR) is 131 cm³/mol. The number of nitrogens with zero attached hydrogens (tertiary/aromatic N) is 3. The molecule has 3 heterocycles. The van der Waals surface area contributed by atoms with E-state index in [1.807, 2.05) is 36.4 Å². The lowest BCUT2D eigenvalue weighted by Crippen LogP contribution is -2.44. The van der Waals surface area contributed by atoms with Crippen molar-refractivity contribution in [1.82, 2.24) is 20.4 Å². The molecule has 2 aromatic carbocycles. The Kier molecular flexibility index (Phi) is 6.45. The van der Waals surface area contributed by atoms with Crippen LogP contribution in [0.15, 0.2) is 58.4 Å². The summed E-state index contributed by atoms with van der Waals surface area (Å²) in [5.41, 5.74) is 2.94. The molecule has 174 valence electrons. The molecule has 1 saturated heterocycles. The van der Waals surface area contributed by atoms with Crippen molar-refractivity contribution < 1.29 is 14.1 Å². The van der Waals surface area contributed by atoms with Gasteiger partial charge < -0.3 is 14.6 Å². The average molecular weight is 495 g/mol. The molecule has 1 fully saturated rings. The molecule has 9 heteroatoms. The predicted octanol–water partition coefficient (Wildman–Crippen LogP) is 5.30. The van der Waals surface area contributed by atoms with Crippen molar-refractivity contribution in [3.8, 4) is 22.6 Å². The van der Waals surface area contributed by atoms with E-state index in [0.29, 0.717) is 42.1 Å². The zero-order valence-electron chi connectivity index (χ0n) is 18.6. The van der Waals surface area contributed by atoms with Crippen LogP contribution >= 0.6 is 22.9 Å². The number of ether oxygens (including phenoxy) is 1. The number of aryl methyl sites for hydroxylation is 1. The maximum Gasteiger partial charge on any atom is 0.251 e. The smallest absolute Gasteiger partial charge is 0.251 e. The second kappa shape index (κ2) is 9.66. The summed E-state index contributed by atoms with van der Waals surface area (Å²) in [6, 6.07) is 14.9. The van der Waals surface area contributed by atoms with Crippen molar-refractivity contribution in [3.63, 3.8) is 0 Å². The maximum absolute atomic E-state index is 13.1. The fourth-order valence-corrected chi connectivity index (χ4v) is 5.28. The number of amides is 1. The first-order valence-corrected chi connectivity index (χ1v) is 12.3. The third-order valence-electron chi connectivity index (χ3n) is 6.05. The lowest BCUT2D eigenvalue weighted by molar-refractivity contribution is 0.0486. The molecule has 1 N–H and O–H groups in total. The molecule has 2 aromatic heterocycles. The molecular weight excluding hydrogens is 472 g/mol. The molecule has 7 nitrogen and oxygen atoms in total. The molecule has 0 unspecified atom stereocenters. The molecule has 0 saturated carbocycles. The van der Waals surface area contributed by atoms with Crippen molar-refractivity contribution in [2.24, 2.45) is 0 Å². The van der Waals surface area contributed by atoms with E-state index in [1.54, 1.807) is 30.4 Å². The Hall–Kier alpha value is -3.07. The van der Waals surface area contributed by atoms with Gasteiger partial charge in [-0.05, 0) is 37.1 Å². The highest BCUT2D eigenvalue weighted by molar-refractivity contribution is 7.10. The van der Waals surface area contributed by atoms with Gasteiger partial charge in [-0.25, -0.2) is 4.98 Å². The minimum atomic E-state index is -0.272. The highest BCUT2D eigenvalue weighted by Gasteiger charge is 2.38. The molecular formula is C25H23ClN4O3S. The number of hydrogen-bond acceptors (Lipinski definition) is 7. The minimum absolute atomic E-state index is 0.151. The van der Waals surface area contributed by atoms with Crippen molar-refractivity contribution >= 4 is 28.8 Å². The summed E-state index contributed by atoms with van der Waals surface area (Å²) in [5.74, 6) is 0.792. The number of benzene rings is 2. The number of nitrogens with one attached hydrogen (secondary N) is 1. The Morgan fingerprint density at radius 1 is 1.12 bits per heavy atom. The van der Waals surface area contributed by atoms with Gasteiger partial charge in [0.1, 0.15) is 5.01 Å². The Bertz CT molecular complexity index is 1300. The molecule has 1 aliphatic heterocycles. The highest BCUT2D eigenvalue weighted by atomic mass is 35.5. The number of hydrogen-bond donors (Lipinski definition) is 1. The van der Waals surface area contributed by atoms with Crippen molar-refractivity contribution in [2.75, 3.05) is 19.8 Å². The van der Waals surface area contributed by atoms with Crippen LogP contribution in [0.4, 0.5) is 0 Å². The standard InChI is InChI=1S/C25H23ClN4O3S/c1-16-28-22(30-33-16)18-3-2-4-19(13-18)23(31)27-15-25(9-11-32-12-10-25)24-29-21(14-34-24)17-5-7-20(26)8-6-17/h2-8,13-14H,9-12,15H2,1H3,(H,27,31). The first-order chi connectivity index (χ1) is 16.5. The summed E-state index contributed by atoms with van der Waals surface area (Å²) < 4.78 is 10.7. The summed E-state index contributed by atoms with van der Waals surface area (Å²) in [5, 5.41) is 10.9. The molecule has 1 aliphatic rings. The fourth-order valence-electron chi connectivity index (χ4n) is 4.07. The van der Waals surface area contributed by atoms with Gasteiger partial charge in [0.2, 0.25) is 11.7 Å². The largest absolute Gasteiger partial charge is 0.381 e. The first kappa shape index (κ1) is 22.7. The third kappa shape index (κ3) is 4.75. The molecule has 1 amide bonds. The summed E-state index contributed by atoms with van der Waals surface area (Å²) in [4.78, 5) is 22.3. The van der Waals surface area contributed by atoms with Crippen LogP contribution in [0.3, 0.4) is 0 Å². The SMILES string of the molecule is Cc1nc(-c2cccc(C(=O)NCC3(c4nc(-c5ccc(Cl)cc5)cs4)CCOCC3)c2)no1. The van der Waals surface area contributed by atoms with E-state index < -0.39 is 0 Å². The number of halogens is 1. The average Bonchev–Trinajstić information content (AvgIpc) is 3.54. The van der Waals surface area contributed by atoms with Crippen LogP contribution in [0.25, 0.3) is 22.6 Å². The maximum atomic E-state index is 13.1. The fraction of sp³-hybridized carbons (Fsp3) is 0.280. The number of aromatic nitrogens is 3. The van der Waals surface area contributed by atoms with Crippen LogP contribution in [0.2, 0.25) is 5.02 Å². The Morgan fingerprint density at radius 3 is 2.65 bits per heavy atom. The quantitative estimate of drug-likeness (QED) is 0.391. The molecule has 4 aromatic rings. The van der Waals surface area contributed by atoms with Crippen molar-refractivity contribution in [2.45, 2.75) is 25.2 Å². The summed E-state index contributed by atoms with van der Waals surface area (Å²) in [6.07, 6.45) is 1.59. The van der Waals surface area contributed by atoms with Gasteiger partial charge in [0.05, 0.1) is 5.69 Å². The second-order valence-electron chi connectivity index (χ2n) is 8.34. The molecule has 0 spiro atoms. The van der Waals surface area contributed by atoms with Gasteiger partial charge in [0.25, 0.3) is 5.91 Å². The van der Waals surface area contributed by atoms with Crippen LogP contribution in [-0.2, 0) is 10.2 Å². The topological polar surface area (TPSA) is 90.1 Å². The number of rotatable bonds is 6. The Labute approximate surface area is 206 Å². The number of thiazole rings is 1. The summed E-state index contributed by atoms with van der Waals surface area (Å²) in [7, 11) is 0. The monoisotopic (exact) mass is 494 g/mol. The Morgan fingerprint density at radius 2 is 1.91 bits per heavy atom. The number of carbonyl (C=O) groups excluding carboxylic acids is 1. The lowest BCUT2D eigenvalue weighted by atomic mass is 9.80. The molecule has 5 rings (SSSR count). The molecule has 0 bridgehead atoms. The van der Waals surface area contributed by atoms with E-state index in [0.717, 1.165) is 34.7 Å². The Balaban J connectivity index is 1.35. The van der Waals surface area contributed by atoms with Crippen LogP contribution in [-0.4, -0.2) is 40.8 Å². The van der Waals surface area contributed by atoms with Gasteiger partial charge in [-0.15, -0.1) is 11.3 Å². The normalized spacial score (nSPS) is 15.2. The lowest BCUT2D eigenvalue weighted by Gasteiger charge is -2.35. The van der Waals surface area contributed by atoms with Gasteiger partial charge in [-0.2, -0.15) is 4.98 Å². The zero-order valence-corrected chi connectivity index (χ0v) is 20.2. The van der Waals surface area contributed by atoms with Crippen LogP contribution in [0, 0.1) is 6.92 Å². The van der Waals surface area contributed by atoms with Crippen molar-refractivity contribution in [3.05, 3.63) is 75.4 Å². The van der Waals surface area contributed by atoms with Crippen molar-refractivity contribution in [1.29, 1.82) is 0 Å². The van der Waals surface area contributed by atoms with Crippen LogP contribution < -0.4 is 5.32 Å². The second-order valence-corrected chi connectivity index (χ2v) is 9.63. The summed E-state index contributed by atoms with van der Waals surface area (Å²) in [6.45, 7) is 3.49. The molecule has 0 atom stereocenters. The third-order valence-corrected chi connectivity index (χ3v) is 7.39. The van der Waals surface area contributed by atoms with E-state index in [9.17, 15) is 4.79 Å². The van der Waals surface area contributed by atoms with E-state index in [1.165, 1.54) is 0 Å². The van der Waals surface area contributed by atoms with E-state index >= 15 is 0 Å². The van der Waals surface area contributed by atoms with Gasteiger partial charge in [0, 0.05) is 59.2 Å². The molecule has 0 aliphatic carbocycles. The van der Waals surface area contributed by atoms with Crippen LogP contribution in [0.5, 0.6) is 0 Å². The van der Waals surface area contributed by atoms with Gasteiger partial charge in [0.15, 0.2) is 0 Å². The van der Waals surface area contributed by atoms with Gasteiger partial charge in [-0.3, -0.25) is 4.79 Å². The summed E-state index contributed by atoms with van der Waals surface area (Å²) >= 11 is 7.66. The van der Waals surface area contributed by atoms with E-state index in [2.05, 4.69) is 20.8 Å². The molecule has 34 heavy (non-hydrogen) atoms. The number of carbonyl (C=O) groups is 1. The van der Waals surface area contributed by atoms with Crippen LogP contribution in [0.1, 0.15) is 34.1 Å².